The van der Waals surface area contributed by atoms with Gasteiger partial charge in [0.15, 0.2) is 0 Å². The summed E-state index contributed by atoms with van der Waals surface area (Å²) in [6.07, 6.45) is 0. The molecule has 1 amide bonds. The Morgan fingerprint density at radius 1 is 1.32 bits per heavy atom. The number of esters is 1. The van der Waals surface area contributed by atoms with E-state index in [0.717, 1.165) is 0 Å². The van der Waals surface area contributed by atoms with Gasteiger partial charge in [0.05, 0.1) is 19.7 Å². The summed E-state index contributed by atoms with van der Waals surface area (Å²) in [7, 11) is 0. The summed E-state index contributed by atoms with van der Waals surface area (Å²) in [5.74, 6) is -0.310. The number of aryl methyl sites for hydroxylation is 1. The van der Waals surface area contributed by atoms with Gasteiger partial charge in [-0.2, -0.15) is 0 Å². The number of ether oxygens (including phenoxy) is 1. The Labute approximate surface area is 111 Å². The van der Waals surface area contributed by atoms with Crippen LogP contribution in [0, 0.1) is 6.92 Å². The molecule has 1 N–H and O–H groups in total. The molecule has 0 aliphatic heterocycles. The standard InChI is InChI=1S/C11H18N4O4/c1-4-15(7-10(17)18-5-2)6-9(16)12-11-14-13-8(3)19-11/h4-7H2,1-3H3,(H,12,14,16). The van der Waals surface area contributed by atoms with Gasteiger partial charge in [-0.1, -0.05) is 12.0 Å². The molecule has 0 radical (unpaired) electrons. The third-order valence-corrected chi connectivity index (χ3v) is 2.24. The van der Waals surface area contributed by atoms with Crippen molar-refractivity contribution in [2.24, 2.45) is 0 Å². The van der Waals surface area contributed by atoms with Gasteiger partial charge in [-0.15, -0.1) is 5.10 Å². The summed E-state index contributed by atoms with van der Waals surface area (Å²) < 4.78 is 9.85. The number of amides is 1. The monoisotopic (exact) mass is 270 g/mol. The van der Waals surface area contributed by atoms with Crippen LogP contribution in [0.5, 0.6) is 0 Å². The second-order valence-corrected chi connectivity index (χ2v) is 3.78. The molecule has 0 spiro atoms. The van der Waals surface area contributed by atoms with Gasteiger partial charge in [0.25, 0.3) is 0 Å². The summed E-state index contributed by atoms with van der Waals surface area (Å²) in [5, 5.41) is 9.70. The summed E-state index contributed by atoms with van der Waals surface area (Å²) in [6, 6.07) is 0.0506. The van der Waals surface area contributed by atoms with Crippen LogP contribution in [-0.2, 0) is 14.3 Å². The van der Waals surface area contributed by atoms with E-state index in [1.54, 1.807) is 18.7 Å². The number of nitrogens with one attached hydrogen (secondary N) is 1. The molecule has 19 heavy (non-hydrogen) atoms. The zero-order valence-electron chi connectivity index (χ0n) is 11.3. The van der Waals surface area contributed by atoms with Crippen molar-refractivity contribution in [1.29, 1.82) is 0 Å². The third-order valence-electron chi connectivity index (χ3n) is 2.24. The van der Waals surface area contributed by atoms with Crippen LogP contribution < -0.4 is 5.32 Å². The molecular formula is C11H18N4O4. The van der Waals surface area contributed by atoms with Crippen molar-refractivity contribution >= 4 is 17.9 Å². The summed E-state index contributed by atoms with van der Waals surface area (Å²) in [5.41, 5.74) is 0. The van der Waals surface area contributed by atoms with Gasteiger partial charge in [-0.3, -0.25) is 19.8 Å². The van der Waals surface area contributed by atoms with Gasteiger partial charge in [0.2, 0.25) is 11.8 Å². The molecule has 106 valence electrons. The maximum atomic E-state index is 11.7. The van der Waals surface area contributed by atoms with Crippen LogP contribution in [0.4, 0.5) is 6.01 Å². The molecular weight excluding hydrogens is 252 g/mol. The molecule has 1 aromatic heterocycles. The van der Waals surface area contributed by atoms with Crippen molar-refractivity contribution in [3.8, 4) is 0 Å². The highest BCUT2D eigenvalue weighted by molar-refractivity contribution is 5.90. The fraction of sp³-hybridized carbons (Fsp3) is 0.636. The largest absolute Gasteiger partial charge is 0.465 e. The number of carbonyl (C=O) groups is 2. The van der Waals surface area contributed by atoms with Crippen LogP contribution in [0.25, 0.3) is 0 Å². The normalized spacial score (nSPS) is 10.5. The second kappa shape index (κ2) is 7.47. The molecule has 0 saturated carbocycles. The van der Waals surface area contributed by atoms with E-state index in [1.807, 2.05) is 6.92 Å². The molecule has 0 atom stereocenters. The fourth-order valence-electron chi connectivity index (χ4n) is 1.38. The Morgan fingerprint density at radius 2 is 2.05 bits per heavy atom. The van der Waals surface area contributed by atoms with Crippen molar-refractivity contribution in [3.63, 3.8) is 0 Å². The van der Waals surface area contributed by atoms with Crippen LogP contribution in [0.3, 0.4) is 0 Å². The molecule has 1 aromatic rings. The quantitative estimate of drug-likeness (QED) is 0.707. The van der Waals surface area contributed by atoms with Gasteiger partial charge < -0.3 is 9.15 Å². The predicted molar refractivity (Wildman–Crippen MR) is 66.4 cm³/mol. The first-order chi connectivity index (χ1) is 9.05. The number of nitrogens with zero attached hydrogens (tertiary/aromatic N) is 3. The molecule has 1 rings (SSSR count). The van der Waals surface area contributed by atoms with Gasteiger partial charge in [0.1, 0.15) is 0 Å². The summed E-state index contributed by atoms with van der Waals surface area (Å²) in [4.78, 5) is 24.7. The minimum Gasteiger partial charge on any atom is -0.465 e. The highest BCUT2D eigenvalue weighted by Gasteiger charge is 2.15. The second-order valence-electron chi connectivity index (χ2n) is 3.78. The van der Waals surface area contributed by atoms with Gasteiger partial charge in [0, 0.05) is 6.92 Å². The summed E-state index contributed by atoms with van der Waals surface area (Å²) >= 11 is 0. The number of rotatable bonds is 7. The van der Waals surface area contributed by atoms with Crippen LogP contribution >= 0.6 is 0 Å². The first-order valence-corrected chi connectivity index (χ1v) is 6.03. The minimum atomic E-state index is -0.356. The average Bonchev–Trinajstić information content (AvgIpc) is 2.74. The lowest BCUT2D eigenvalue weighted by Gasteiger charge is -2.17. The van der Waals surface area contributed by atoms with E-state index >= 15 is 0 Å². The molecule has 0 fully saturated rings. The van der Waals surface area contributed by atoms with Gasteiger partial charge >= 0.3 is 12.0 Å². The maximum Gasteiger partial charge on any atom is 0.322 e. The van der Waals surface area contributed by atoms with Crippen molar-refractivity contribution in [3.05, 3.63) is 5.89 Å². The van der Waals surface area contributed by atoms with Crippen LogP contribution in [0.15, 0.2) is 4.42 Å². The van der Waals surface area contributed by atoms with E-state index < -0.39 is 0 Å². The lowest BCUT2D eigenvalue weighted by molar-refractivity contribution is -0.144. The molecule has 8 nitrogen and oxygen atoms in total. The molecule has 1 heterocycles. The number of hydrogen-bond donors (Lipinski definition) is 1. The van der Waals surface area contributed by atoms with E-state index in [0.29, 0.717) is 19.0 Å². The number of carbonyl (C=O) groups excluding carboxylic acids is 2. The maximum absolute atomic E-state index is 11.7. The van der Waals surface area contributed by atoms with E-state index in [2.05, 4.69) is 15.5 Å². The van der Waals surface area contributed by atoms with Crippen molar-refractivity contribution in [1.82, 2.24) is 15.1 Å². The molecule has 0 unspecified atom stereocenters. The average molecular weight is 270 g/mol. The zero-order valence-corrected chi connectivity index (χ0v) is 11.3. The van der Waals surface area contributed by atoms with Crippen LogP contribution in [-0.4, -0.2) is 53.2 Å². The number of likely N-dealkylation sites (N-methyl/N-ethyl adjacent to an activating group) is 1. The predicted octanol–water partition coefficient (Wildman–Crippen LogP) is 0.202. The van der Waals surface area contributed by atoms with E-state index in [-0.39, 0.29) is 31.0 Å². The Kier molecular flexibility index (Phi) is 5.94. The Bertz CT molecular complexity index is 432. The lowest BCUT2D eigenvalue weighted by atomic mass is 10.4. The molecule has 0 aliphatic carbocycles. The first kappa shape index (κ1) is 15.1. The van der Waals surface area contributed by atoms with Crippen LogP contribution in [0.1, 0.15) is 19.7 Å². The van der Waals surface area contributed by atoms with E-state index in [4.69, 9.17) is 9.15 Å². The minimum absolute atomic E-state index is 0.0506. The number of hydrogen-bond acceptors (Lipinski definition) is 7. The molecule has 0 aromatic carbocycles. The lowest BCUT2D eigenvalue weighted by Crippen LogP contribution is -2.37. The first-order valence-electron chi connectivity index (χ1n) is 6.03. The SMILES string of the molecule is CCOC(=O)CN(CC)CC(=O)Nc1nnc(C)o1. The zero-order chi connectivity index (χ0) is 14.3. The van der Waals surface area contributed by atoms with Gasteiger partial charge in [-0.25, -0.2) is 0 Å². The Morgan fingerprint density at radius 3 is 2.58 bits per heavy atom. The van der Waals surface area contributed by atoms with Crippen LogP contribution in [0.2, 0.25) is 0 Å². The van der Waals surface area contributed by atoms with Gasteiger partial charge in [-0.05, 0) is 13.5 Å². The smallest absolute Gasteiger partial charge is 0.322 e. The topological polar surface area (TPSA) is 97.6 Å². The van der Waals surface area contributed by atoms with Crippen molar-refractivity contribution in [2.45, 2.75) is 20.8 Å². The molecule has 0 aliphatic rings. The van der Waals surface area contributed by atoms with Crippen molar-refractivity contribution < 1.29 is 18.7 Å². The molecule has 0 saturated heterocycles. The Hall–Kier alpha value is -1.96. The highest BCUT2D eigenvalue weighted by Crippen LogP contribution is 2.03. The number of aromatic nitrogens is 2. The Balaban J connectivity index is 2.42. The number of anilines is 1. The highest BCUT2D eigenvalue weighted by atomic mass is 16.5. The van der Waals surface area contributed by atoms with E-state index in [1.165, 1.54) is 0 Å². The van der Waals surface area contributed by atoms with Crippen molar-refractivity contribution in [2.75, 3.05) is 31.6 Å². The van der Waals surface area contributed by atoms with E-state index in [9.17, 15) is 9.59 Å². The fourth-order valence-corrected chi connectivity index (χ4v) is 1.38. The molecule has 0 bridgehead atoms. The molecule has 8 heteroatoms. The summed E-state index contributed by atoms with van der Waals surface area (Å²) in [6.45, 7) is 6.21. The third kappa shape index (κ3) is 5.47.